The van der Waals surface area contributed by atoms with Crippen molar-refractivity contribution in [2.24, 2.45) is 0 Å². The molecule has 0 fully saturated rings. The van der Waals surface area contributed by atoms with Gasteiger partial charge in [-0.05, 0) is 41.7 Å². The monoisotopic (exact) mass is 449 g/mol. The highest BCUT2D eigenvalue weighted by Gasteiger charge is 2.30. The normalized spacial score (nSPS) is 18.1. The number of halogens is 3. The van der Waals surface area contributed by atoms with Gasteiger partial charge in [0.25, 0.3) is 0 Å². The number of alkyl halides is 3. The molecule has 4 nitrogen and oxygen atoms in total. The first-order valence-electron chi connectivity index (χ1n) is 9.99. The summed E-state index contributed by atoms with van der Waals surface area (Å²) in [6.07, 6.45) is -1.49. The van der Waals surface area contributed by atoms with Gasteiger partial charge in [0.15, 0.2) is 17.3 Å². The Balaban J connectivity index is 1.26. The molecule has 0 spiro atoms. The van der Waals surface area contributed by atoms with Crippen LogP contribution in [0.1, 0.15) is 35.4 Å². The summed E-state index contributed by atoms with van der Waals surface area (Å²) in [6.45, 7) is 0.851. The van der Waals surface area contributed by atoms with Crippen molar-refractivity contribution in [3.05, 3.63) is 70.9 Å². The van der Waals surface area contributed by atoms with Crippen molar-refractivity contribution in [1.82, 2.24) is 5.32 Å². The predicted octanol–water partition coefficient (Wildman–Crippen LogP) is 5.29. The zero-order chi connectivity index (χ0) is 21.8. The van der Waals surface area contributed by atoms with Crippen LogP contribution in [-0.2, 0) is 16.7 Å². The van der Waals surface area contributed by atoms with Crippen LogP contribution in [-0.4, -0.2) is 24.9 Å². The van der Waals surface area contributed by atoms with Crippen LogP contribution in [0.2, 0.25) is 0 Å². The lowest BCUT2D eigenvalue weighted by Crippen LogP contribution is -2.23. The molecule has 1 aliphatic carbocycles. The maximum absolute atomic E-state index is 12.8. The molecule has 1 N–H and O–H groups in total. The van der Waals surface area contributed by atoms with Crippen LogP contribution in [0.4, 0.5) is 13.2 Å². The van der Waals surface area contributed by atoms with E-state index >= 15 is 0 Å². The van der Waals surface area contributed by atoms with E-state index in [0.29, 0.717) is 30.0 Å². The third-order valence-corrected chi connectivity index (χ3v) is 6.27. The van der Waals surface area contributed by atoms with Crippen LogP contribution in [0.15, 0.2) is 54.2 Å². The van der Waals surface area contributed by atoms with Crippen molar-refractivity contribution in [2.45, 2.75) is 30.7 Å². The molecular formula is C23H22F3NO3S. The van der Waals surface area contributed by atoms with Crippen LogP contribution in [0.25, 0.3) is 0 Å². The molecule has 1 atom stereocenters. The van der Waals surface area contributed by atoms with E-state index in [2.05, 4.69) is 5.32 Å². The van der Waals surface area contributed by atoms with Gasteiger partial charge < -0.3 is 14.8 Å². The molecule has 164 valence electrons. The minimum Gasteiger partial charge on any atom is -0.454 e. The molecule has 0 aromatic heterocycles. The number of ether oxygens (including phenoxy) is 2. The first-order chi connectivity index (χ1) is 14.9. The fourth-order valence-corrected chi connectivity index (χ4v) is 4.54. The molecular weight excluding hydrogens is 427 g/mol. The molecule has 2 aliphatic rings. The number of fused-ring (bicyclic) bond motifs is 1. The van der Waals surface area contributed by atoms with Crippen LogP contribution in [0, 0.1) is 0 Å². The van der Waals surface area contributed by atoms with Crippen molar-refractivity contribution < 1.29 is 27.4 Å². The van der Waals surface area contributed by atoms with Crippen LogP contribution in [0.3, 0.4) is 0 Å². The SMILES string of the molecule is O=C1C=C(NCCSCc2cccc(C(F)(F)F)c2)C[C@H](c2ccc3c(c2)OCO3)C1. The smallest absolute Gasteiger partial charge is 0.416 e. The quantitative estimate of drug-likeness (QED) is 0.583. The number of carbonyl (C=O) groups excluding carboxylic acids is 1. The first kappa shape index (κ1) is 21.6. The number of nitrogens with one attached hydrogen (secondary N) is 1. The maximum Gasteiger partial charge on any atom is 0.416 e. The standard InChI is InChI=1S/C23H22F3NO3S/c24-23(25,26)18-3-1-2-15(8-18)13-31-7-6-27-19-9-17(10-20(28)12-19)16-4-5-21-22(11-16)30-14-29-21/h1-5,8,11-12,17,27H,6-7,9-10,13-14H2/t17-/m0/s1. The molecule has 8 heteroatoms. The summed E-state index contributed by atoms with van der Waals surface area (Å²) in [5.41, 5.74) is 1.96. The maximum atomic E-state index is 12.8. The number of ketones is 1. The fraction of sp³-hybridized carbons (Fsp3) is 0.348. The molecule has 0 saturated heterocycles. The minimum absolute atomic E-state index is 0.0762. The molecule has 0 saturated carbocycles. The predicted molar refractivity (Wildman–Crippen MR) is 113 cm³/mol. The van der Waals surface area contributed by atoms with E-state index in [9.17, 15) is 18.0 Å². The Morgan fingerprint density at radius 2 is 1.90 bits per heavy atom. The van der Waals surface area contributed by atoms with E-state index < -0.39 is 11.7 Å². The van der Waals surface area contributed by atoms with Gasteiger partial charge in [-0.1, -0.05) is 24.3 Å². The number of hydrogen-bond acceptors (Lipinski definition) is 5. The van der Waals surface area contributed by atoms with Gasteiger partial charge in [-0.15, -0.1) is 0 Å². The molecule has 1 heterocycles. The van der Waals surface area contributed by atoms with E-state index in [-0.39, 0.29) is 18.5 Å². The molecule has 0 amide bonds. The highest BCUT2D eigenvalue weighted by atomic mass is 32.2. The van der Waals surface area contributed by atoms with Crippen molar-refractivity contribution in [2.75, 3.05) is 19.1 Å². The Labute approximate surface area is 182 Å². The average molecular weight is 449 g/mol. The van der Waals surface area contributed by atoms with Crippen molar-refractivity contribution in [3.63, 3.8) is 0 Å². The Hall–Kier alpha value is -2.61. The fourth-order valence-electron chi connectivity index (χ4n) is 3.73. The number of rotatable bonds is 7. The highest BCUT2D eigenvalue weighted by molar-refractivity contribution is 7.98. The summed E-state index contributed by atoms with van der Waals surface area (Å²) in [4.78, 5) is 12.2. The van der Waals surface area contributed by atoms with E-state index in [1.165, 1.54) is 12.1 Å². The number of hydrogen-bond donors (Lipinski definition) is 1. The Bertz CT molecular complexity index is 990. The molecule has 2 aromatic rings. The molecule has 1 aliphatic heterocycles. The number of benzene rings is 2. The van der Waals surface area contributed by atoms with Crippen LogP contribution >= 0.6 is 11.8 Å². The molecule has 31 heavy (non-hydrogen) atoms. The summed E-state index contributed by atoms with van der Waals surface area (Å²) >= 11 is 1.55. The first-order valence-corrected chi connectivity index (χ1v) is 11.1. The summed E-state index contributed by atoms with van der Waals surface area (Å²) in [7, 11) is 0. The van der Waals surface area contributed by atoms with Gasteiger partial charge in [-0.3, -0.25) is 4.79 Å². The average Bonchev–Trinajstić information content (AvgIpc) is 3.21. The van der Waals surface area contributed by atoms with Gasteiger partial charge in [0.1, 0.15) is 0 Å². The second-order valence-corrected chi connectivity index (χ2v) is 8.64. The Morgan fingerprint density at radius 3 is 2.74 bits per heavy atom. The summed E-state index contributed by atoms with van der Waals surface area (Å²) in [5.74, 6) is 2.80. The molecule has 0 bridgehead atoms. The number of allylic oxidation sites excluding steroid dienone is 2. The third-order valence-electron chi connectivity index (χ3n) is 5.24. The van der Waals surface area contributed by atoms with E-state index in [1.807, 2.05) is 18.2 Å². The van der Waals surface area contributed by atoms with Gasteiger partial charge in [-0.25, -0.2) is 0 Å². The minimum atomic E-state index is -4.32. The van der Waals surface area contributed by atoms with Crippen LogP contribution in [0.5, 0.6) is 11.5 Å². The van der Waals surface area contributed by atoms with E-state index in [4.69, 9.17) is 9.47 Å². The van der Waals surface area contributed by atoms with Crippen molar-refractivity contribution >= 4 is 17.5 Å². The molecule has 0 radical (unpaired) electrons. The topological polar surface area (TPSA) is 47.6 Å². The Morgan fingerprint density at radius 1 is 1.06 bits per heavy atom. The van der Waals surface area contributed by atoms with Gasteiger partial charge >= 0.3 is 6.18 Å². The largest absolute Gasteiger partial charge is 0.454 e. The van der Waals surface area contributed by atoms with E-state index in [0.717, 1.165) is 35.3 Å². The Kier molecular flexibility index (Phi) is 6.46. The summed E-state index contributed by atoms with van der Waals surface area (Å²) in [5, 5.41) is 3.31. The van der Waals surface area contributed by atoms with Crippen molar-refractivity contribution in [3.8, 4) is 11.5 Å². The van der Waals surface area contributed by atoms with Gasteiger partial charge in [-0.2, -0.15) is 24.9 Å². The summed E-state index contributed by atoms with van der Waals surface area (Å²) in [6, 6.07) is 11.2. The van der Waals surface area contributed by atoms with Crippen LogP contribution < -0.4 is 14.8 Å². The second kappa shape index (κ2) is 9.26. The lowest BCUT2D eigenvalue weighted by atomic mass is 9.85. The second-order valence-electron chi connectivity index (χ2n) is 7.53. The zero-order valence-electron chi connectivity index (χ0n) is 16.7. The third kappa shape index (κ3) is 5.55. The number of thioether (sulfide) groups is 1. The van der Waals surface area contributed by atoms with Gasteiger partial charge in [0.2, 0.25) is 6.79 Å². The highest BCUT2D eigenvalue weighted by Crippen LogP contribution is 2.38. The molecule has 4 rings (SSSR count). The lowest BCUT2D eigenvalue weighted by molar-refractivity contribution is -0.137. The zero-order valence-corrected chi connectivity index (χ0v) is 17.5. The van der Waals surface area contributed by atoms with E-state index in [1.54, 1.807) is 23.9 Å². The summed E-state index contributed by atoms with van der Waals surface area (Å²) < 4.78 is 49.2. The molecule has 0 unspecified atom stereocenters. The lowest BCUT2D eigenvalue weighted by Gasteiger charge is -2.23. The van der Waals surface area contributed by atoms with Gasteiger partial charge in [0, 0.05) is 36.2 Å². The van der Waals surface area contributed by atoms with Gasteiger partial charge in [0.05, 0.1) is 5.56 Å². The molecule has 2 aromatic carbocycles. The number of carbonyl (C=O) groups is 1. The van der Waals surface area contributed by atoms with Crippen molar-refractivity contribution in [1.29, 1.82) is 0 Å².